The summed E-state index contributed by atoms with van der Waals surface area (Å²) in [6.45, 7) is 0. The first-order valence-corrected chi connectivity index (χ1v) is 7.45. The van der Waals surface area contributed by atoms with Crippen LogP contribution in [0.4, 0.5) is 11.4 Å². The van der Waals surface area contributed by atoms with E-state index in [2.05, 4.69) is 5.32 Å². The summed E-state index contributed by atoms with van der Waals surface area (Å²) in [5, 5.41) is 12.0. The van der Waals surface area contributed by atoms with Crippen LogP contribution in [0.25, 0.3) is 5.69 Å². The van der Waals surface area contributed by atoms with Crippen molar-refractivity contribution in [2.75, 3.05) is 18.2 Å². The van der Waals surface area contributed by atoms with E-state index in [0.29, 0.717) is 11.4 Å². The summed E-state index contributed by atoms with van der Waals surface area (Å²) in [4.78, 5) is 23.7. The number of carbonyl (C=O) groups is 2. The van der Waals surface area contributed by atoms with Crippen LogP contribution in [-0.4, -0.2) is 23.6 Å². The van der Waals surface area contributed by atoms with Crippen molar-refractivity contribution in [2.24, 2.45) is 5.92 Å². The quantitative estimate of drug-likeness (QED) is 0.836. The van der Waals surface area contributed by atoms with Gasteiger partial charge in [-0.3, -0.25) is 4.79 Å². The Bertz CT molecular complexity index is 842. The molecule has 3 rings (SSSR count). The third-order valence-electron chi connectivity index (χ3n) is 3.90. The molecule has 1 aliphatic rings. The Balaban J connectivity index is 1.92. The molecule has 1 fully saturated rings. The molecule has 7 heteroatoms. The number of nitrogens with one attached hydrogen (secondary N) is 1. The number of hydrogen-bond acceptors (Lipinski definition) is 5. The molecule has 0 bridgehead atoms. The van der Waals surface area contributed by atoms with Crippen LogP contribution in [0.1, 0.15) is 28.9 Å². The predicted octanol–water partition coefficient (Wildman–Crippen LogP) is 2.07. The molecule has 2 aromatic rings. The van der Waals surface area contributed by atoms with Crippen LogP contribution in [0.3, 0.4) is 0 Å². The summed E-state index contributed by atoms with van der Waals surface area (Å²) in [5.74, 6) is -0.479. The number of nitrogen functional groups attached to an aromatic ring is 1. The minimum atomic E-state index is -0.625. The second-order valence-electron chi connectivity index (χ2n) is 5.59. The highest BCUT2D eigenvalue weighted by Crippen LogP contribution is 2.30. The summed E-state index contributed by atoms with van der Waals surface area (Å²) in [5.41, 5.74) is 7.55. The van der Waals surface area contributed by atoms with Gasteiger partial charge in [0.05, 0.1) is 18.4 Å². The zero-order chi connectivity index (χ0) is 17.3. The number of methoxy groups -OCH3 is 1. The van der Waals surface area contributed by atoms with Crippen LogP contribution in [-0.2, 0) is 9.53 Å². The van der Waals surface area contributed by atoms with Crippen molar-refractivity contribution in [3.05, 3.63) is 41.7 Å². The minimum Gasteiger partial charge on any atom is -0.464 e. The molecule has 1 saturated carbocycles. The Morgan fingerprint density at radius 3 is 2.54 bits per heavy atom. The summed E-state index contributed by atoms with van der Waals surface area (Å²) in [7, 11) is 1.25. The molecule has 0 spiro atoms. The number of nitrogens with two attached hydrogens (primary N) is 1. The Hall–Kier alpha value is -3.27. The molecule has 0 radical (unpaired) electrons. The van der Waals surface area contributed by atoms with Gasteiger partial charge in [-0.1, -0.05) is 0 Å². The van der Waals surface area contributed by atoms with Gasteiger partial charge in [0.15, 0.2) is 5.69 Å². The topological polar surface area (TPSA) is 110 Å². The maximum Gasteiger partial charge on any atom is 0.357 e. The molecule has 1 heterocycles. The number of hydrogen-bond donors (Lipinski definition) is 2. The number of carbonyl (C=O) groups excluding carboxylic acids is 2. The van der Waals surface area contributed by atoms with Crippen molar-refractivity contribution in [2.45, 2.75) is 12.8 Å². The van der Waals surface area contributed by atoms with Crippen LogP contribution in [0.2, 0.25) is 0 Å². The van der Waals surface area contributed by atoms with E-state index in [-0.39, 0.29) is 28.8 Å². The first kappa shape index (κ1) is 15.6. The van der Waals surface area contributed by atoms with Gasteiger partial charge in [-0.2, -0.15) is 5.26 Å². The van der Waals surface area contributed by atoms with E-state index in [1.54, 1.807) is 24.3 Å². The minimum absolute atomic E-state index is 0.0231. The van der Waals surface area contributed by atoms with E-state index < -0.39 is 5.97 Å². The van der Waals surface area contributed by atoms with Gasteiger partial charge in [-0.15, -0.1) is 0 Å². The third-order valence-corrected chi connectivity index (χ3v) is 3.90. The van der Waals surface area contributed by atoms with Gasteiger partial charge in [-0.05, 0) is 37.1 Å². The Morgan fingerprint density at radius 1 is 1.33 bits per heavy atom. The standard InChI is InChI=1S/C17H16N4O3/c1-24-17(23)15-14(19)11(8-18)9-21(15)13-6-4-12(5-7-13)20-16(22)10-2-3-10/h4-7,9-10H,2-3,19H2,1H3,(H,20,22). The third kappa shape index (κ3) is 2.82. The number of benzene rings is 1. The fourth-order valence-electron chi connectivity index (χ4n) is 2.41. The SMILES string of the molecule is COC(=O)c1c(N)c(C#N)cn1-c1ccc(NC(=O)C2CC2)cc1. The molecule has 0 saturated heterocycles. The van der Waals surface area contributed by atoms with Crippen LogP contribution in [0.15, 0.2) is 30.5 Å². The fourth-order valence-corrected chi connectivity index (χ4v) is 2.41. The summed E-state index contributed by atoms with van der Waals surface area (Å²) in [6, 6.07) is 8.88. The van der Waals surface area contributed by atoms with Gasteiger partial charge >= 0.3 is 5.97 Å². The molecule has 0 atom stereocenters. The maximum atomic E-state index is 12.0. The zero-order valence-electron chi connectivity index (χ0n) is 13.1. The van der Waals surface area contributed by atoms with E-state index in [1.165, 1.54) is 17.9 Å². The van der Waals surface area contributed by atoms with Crippen LogP contribution >= 0.6 is 0 Å². The molecule has 1 aliphatic carbocycles. The second kappa shape index (κ2) is 6.08. The first-order valence-electron chi connectivity index (χ1n) is 7.45. The summed E-state index contributed by atoms with van der Waals surface area (Å²) in [6.07, 6.45) is 3.36. The highest BCUT2D eigenvalue weighted by Gasteiger charge is 2.29. The number of aromatic nitrogens is 1. The summed E-state index contributed by atoms with van der Waals surface area (Å²) < 4.78 is 6.25. The predicted molar refractivity (Wildman–Crippen MR) is 87.6 cm³/mol. The highest BCUT2D eigenvalue weighted by molar-refractivity contribution is 5.96. The first-order chi connectivity index (χ1) is 11.5. The van der Waals surface area contributed by atoms with Crippen molar-refractivity contribution in [1.82, 2.24) is 4.57 Å². The smallest absolute Gasteiger partial charge is 0.357 e. The van der Waals surface area contributed by atoms with Gasteiger partial charge in [0.1, 0.15) is 6.07 Å². The van der Waals surface area contributed by atoms with Crippen molar-refractivity contribution >= 4 is 23.3 Å². The van der Waals surface area contributed by atoms with E-state index in [1.807, 2.05) is 6.07 Å². The molecule has 1 aromatic carbocycles. The Morgan fingerprint density at radius 2 is 2.00 bits per heavy atom. The number of nitriles is 1. The largest absolute Gasteiger partial charge is 0.464 e. The fraction of sp³-hybridized carbons (Fsp3) is 0.235. The lowest BCUT2D eigenvalue weighted by atomic mass is 10.2. The zero-order valence-corrected chi connectivity index (χ0v) is 13.1. The van der Waals surface area contributed by atoms with E-state index >= 15 is 0 Å². The van der Waals surface area contributed by atoms with Crippen LogP contribution in [0.5, 0.6) is 0 Å². The van der Waals surface area contributed by atoms with Crippen molar-refractivity contribution < 1.29 is 14.3 Å². The molecule has 122 valence electrons. The molecule has 0 aliphatic heterocycles. The van der Waals surface area contributed by atoms with Crippen molar-refractivity contribution in [1.29, 1.82) is 5.26 Å². The monoisotopic (exact) mass is 324 g/mol. The van der Waals surface area contributed by atoms with Gasteiger partial charge in [0.25, 0.3) is 0 Å². The number of ether oxygens (including phenoxy) is 1. The Labute approximate surface area is 138 Å². The molecule has 1 amide bonds. The highest BCUT2D eigenvalue weighted by atomic mass is 16.5. The average Bonchev–Trinajstić information content (AvgIpc) is 3.39. The molecular formula is C17H16N4O3. The van der Waals surface area contributed by atoms with E-state index in [9.17, 15) is 9.59 Å². The van der Waals surface area contributed by atoms with Crippen LogP contribution in [0, 0.1) is 17.2 Å². The number of anilines is 2. The van der Waals surface area contributed by atoms with Gasteiger partial charge in [0.2, 0.25) is 5.91 Å². The van der Waals surface area contributed by atoms with Gasteiger partial charge in [-0.25, -0.2) is 4.79 Å². The number of amides is 1. The normalized spacial score (nSPS) is 13.2. The van der Waals surface area contributed by atoms with Crippen molar-refractivity contribution in [3.8, 4) is 11.8 Å². The lowest BCUT2D eigenvalue weighted by molar-refractivity contribution is -0.117. The molecule has 7 nitrogen and oxygen atoms in total. The molecule has 0 unspecified atom stereocenters. The molecular weight excluding hydrogens is 308 g/mol. The number of rotatable bonds is 4. The maximum absolute atomic E-state index is 12.0. The number of esters is 1. The second-order valence-corrected chi connectivity index (χ2v) is 5.59. The number of nitrogens with zero attached hydrogens (tertiary/aromatic N) is 2. The van der Waals surface area contributed by atoms with Crippen LogP contribution < -0.4 is 11.1 Å². The van der Waals surface area contributed by atoms with E-state index in [4.69, 9.17) is 15.7 Å². The average molecular weight is 324 g/mol. The lowest BCUT2D eigenvalue weighted by Gasteiger charge is -2.10. The molecule has 1 aromatic heterocycles. The molecule has 24 heavy (non-hydrogen) atoms. The van der Waals surface area contributed by atoms with E-state index in [0.717, 1.165) is 12.8 Å². The summed E-state index contributed by atoms with van der Waals surface area (Å²) >= 11 is 0. The van der Waals surface area contributed by atoms with Crippen molar-refractivity contribution in [3.63, 3.8) is 0 Å². The molecule has 3 N–H and O–H groups in total. The lowest BCUT2D eigenvalue weighted by Crippen LogP contribution is -2.13. The van der Waals surface area contributed by atoms with Gasteiger partial charge in [0, 0.05) is 23.5 Å². The van der Waals surface area contributed by atoms with Gasteiger partial charge < -0.3 is 20.4 Å². The Kier molecular flexibility index (Phi) is 3.96.